The molecule has 0 spiro atoms. The number of ketones is 1. The summed E-state index contributed by atoms with van der Waals surface area (Å²) in [4.78, 5) is 67.4. The van der Waals surface area contributed by atoms with Gasteiger partial charge in [-0.3, -0.25) is 19.2 Å². The summed E-state index contributed by atoms with van der Waals surface area (Å²) >= 11 is 0. The predicted octanol–water partition coefficient (Wildman–Crippen LogP) is 1.71. The fraction of sp³-hybridized carbons (Fsp3) is 0.815. The summed E-state index contributed by atoms with van der Waals surface area (Å²) in [7, 11) is 0. The topological polar surface area (TPSA) is 151 Å². The zero-order chi connectivity index (χ0) is 37.4. The second-order valence-electron chi connectivity index (χ2n) is 11.9. The van der Waals surface area contributed by atoms with Gasteiger partial charge in [-0.25, -0.2) is 4.79 Å². The van der Waals surface area contributed by atoms with Crippen molar-refractivity contribution in [3.63, 3.8) is 0 Å². The van der Waals surface area contributed by atoms with Crippen LogP contribution in [0, 0.1) is 28.6 Å². The molecule has 5 N–H and O–H groups in total. The van der Waals surface area contributed by atoms with Crippen molar-refractivity contribution in [1.29, 1.82) is 0 Å². The van der Waals surface area contributed by atoms with E-state index >= 15 is 0 Å². The van der Waals surface area contributed by atoms with Crippen molar-refractivity contribution < 1.29 is 39.1 Å². The van der Waals surface area contributed by atoms with Gasteiger partial charge in [-0.1, -0.05) is 53.7 Å². The largest absolute Gasteiger partial charge is 0.363 e. The van der Waals surface area contributed by atoms with Crippen LogP contribution in [-0.4, -0.2) is 64.6 Å². The van der Waals surface area contributed by atoms with E-state index < -0.39 is 109 Å². The van der Waals surface area contributed by atoms with Crippen LogP contribution in [0.1, 0.15) is 95.9 Å². The summed E-state index contributed by atoms with van der Waals surface area (Å²) in [5.74, 6) is -7.39. The average Bonchev–Trinajstić information content (AvgIpc) is 3.14. The molecule has 3 aliphatic rings. The van der Waals surface area contributed by atoms with Crippen molar-refractivity contribution in [2.75, 3.05) is 6.54 Å². The Labute approximate surface area is 235 Å². The second-order valence-corrected chi connectivity index (χ2v) is 11.9. The van der Waals surface area contributed by atoms with Crippen LogP contribution in [0.5, 0.6) is 0 Å². The van der Waals surface area contributed by atoms with Gasteiger partial charge in [-0.15, -0.1) is 0 Å². The van der Waals surface area contributed by atoms with E-state index in [4.69, 9.17) is 20.8 Å². The van der Waals surface area contributed by atoms with Crippen LogP contribution >= 0.6 is 0 Å². The molecule has 0 unspecified atom stereocenters. The highest BCUT2D eigenvalue weighted by atomic mass is 16.2. The molecule has 1 aliphatic heterocycles. The molecule has 1 saturated heterocycles. The van der Waals surface area contributed by atoms with E-state index in [0.29, 0.717) is 19.3 Å². The number of rotatable bonds is 8. The molecule has 0 radical (unpaired) electrons. The monoisotopic (exact) mass is 530 g/mol. The fourth-order valence-corrected chi connectivity index (χ4v) is 5.21. The number of Topliss-reactive ketones (excluding diaryl/α,β-unsaturated/α-hetero) is 1. The molecule has 5 atom stereocenters. The highest BCUT2D eigenvalue weighted by Gasteiger charge is 2.70. The van der Waals surface area contributed by atoms with Gasteiger partial charge in [-0.05, 0) is 55.7 Å². The second kappa shape index (κ2) is 9.91. The molecule has 0 bridgehead atoms. The molecule has 2 saturated carbocycles. The first kappa shape index (κ1) is 17.0. The molecule has 0 aromatic rings. The molecule has 208 valence electrons. The van der Waals surface area contributed by atoms with Gasteiger partial charge in [0, 0.05) is 27.2 Å². The molecule has 0 aromatic heterocycles. The van der Waals surface area contributed by atoms with Crippen molar-refractivity contribution in [1.82, 2.24) is 20.9 Å². The van der Waals surface area contributed by atoms with Crippen LogP contribution in [-0.2, 0) is 19.2 Å². The number of carbonyl (C=O) groups excluding carboxylic acids is 5. The lowest BCUT2D eigenvalue weighted by Crippen LogP contribution is -2.62. The van der Waals surface area contributed by atoms with Crippen LogP contribution in [0.3, 0.4) is 0 Å². The van der Waals surface area contributed by atoms with Crippen LogP contribution in [0.4, 0.5) is 4.79 Å². The van der Waals surface area contributed by atoms with E-state index in [2.05, 4.69) is 10.6 Å². The third-order valence-corrected chi connectivity index (χ3v) is 7.50. The lowest BCUT2D eigenvalue weighted by atomic mass is 9.80. The Balaban J connectivity index is 2.18. The van der Waals surface area contributed by atoms with Gasteiger partial charge in [-0.2, -0.15) is 0 Å². The molecular formula is C27H45N5O5. The number of amides is 5. The van der Waals surface area contributed by atoms with E-state index in [1.54, 1.807) is 13.8 Å². The molecule has 5 amide bonds. The Morgan fingerprint density at radius 3 is 2.22 bits per heavy atom. The molecule has 3 fully saturated rings. The number of nitrogens with zero attached hydrogens (tertiary/aromatic N) is 1. The minimum absolute atomic E-state index is 0.295. The molecule has 10 heteroatoms. The van der Waals surface area contributed by atoms with Crippen molar-refractivity contribution in [2.24, 2.45) is 34.3 Å². The summed E-state index contributed by atoms with van der Waals surface area (Å²) in [5.41, 5.74) is -0.320. The van der Waals surface area contributed by atoms with Gasteiger partial charge in [0.2, 0.25) is 17.6 Å². The molecule has 1 heterocycles. The van der Waals surface area contributed by atoms with Crippen molar-refractivity contribution in [2.45, 2.75) is 104 Å². The molecule has 3 rings (SSSR count). The van der Waals surface area contributed by atoms with Gasteiger partial charge in [0.15, 0.2) is 0 Å². The Morgan fingerprint density at radius 2 is 1.73 bits per heavy atom. The highest BCUT2D eigenvalue weighted by molar-refractivity contribution is 6.37. The number of piperidine rings is 1. The summed E-state index contributed by atoms with van der Waals surface area (Å²) in [6, 6.07) is -7.68. The lowest BCUT2D eigenvalue weighted by molar-refractivity contribution is -0.145. The number of hydrogen-bond donors (Lipinski definition) is 4. The van der Waals surface area contributed by atoms with E-state index in [1.165, 1.54) is 20.8 Å². The third kappa shape index (κ3) is 6.26. The number of hydrogen-bond acceptors (Lipinski definition) is 5. The summed E-state index contributed by atoms with van der Waals surface area (Å²) < 4.78 is 91.0. The zero-order valence-electron chi connectivity index (χ0n) is 32.9. The van der Waals surface area contributed by atoms with Crippen molar-refractivity contribution >= 4 is 29.5 Å². The van der Waals surface area contributed by atoms with Crippen LogP contribution in [0.2, 0.25) is 0 Å². The Morgan fingerprint density at radius 1 is 1.11 bits per heavy atom. The van der Waals surface area contributed by atoms with E-state index in [-0.39, 0.29) is 6.54 Å². The summed E-state index contributed by atoms with van der Waals surface area (Å²) in [6.45, 7) is -3.97. The Hall–Kier alpha value is -2.65. The quantitative estimate of drug-likeness (QED) is 0.352. The number of primary amides is 1. The zero-order valence-corrected chi connectivity index (χ0v) is 21.9. The van der Waals surface area contributed by atoms with Crippen LogP contribution in [0.15, 0.2) is 0 Å². The van der Waals surface area contributed by atoms with E-state index in [9.17, 15) is 24.0 Å². The SMILES string of the molecule is [2H]C([2H])(C1CCC1)[C@H](NC(=O)[C@@H]1[C@@H]2[C@H](CN1C(=O)[C@@H](NC(=O)NC(C)(C)C)C(C([2H])([2H])[2H])(C([2H])([2H])[2H])C([2H])([2H])[2H])C2(C)C)C(=O)C(N)=O. The molecule has 37 heavy (non-hydrogen) atoms. The first-order valence-corrected chi connectivity index (χ1v) is 12.4. The number of fused-ring (bicyclic) bond motifs is 1. The number of nitrogens with one attached hydrogen (secondary N) is 3. The van der Waals surface area contributed by atoms with Crippen molar-refractivity contribution in [3.05, 3.63) is 0 Å². The van der Waals surface area contributed by atoms with Crippen LogP contribution in [0.25, 0.3) is 0 Å². The molecule has 2 aliphatic carbocycles. The Bertz CT molecular complexity index is 1300. The number of likely N-dealkylation sites (tertiary alicyclic amines) is 1. The van der Waals surface area contributed by atoms with Crippen molar-refractivity contribution in [3.8, 4) is 0 Å². The first-order chi connectivity index (χ1) is 21.4. The molecule has 10 nitrogen and oxygen atoms in total. The van der Waals surface area contributed by atoms with Gasteiger partial charge in [0.05, 0.1) is 6.04 Å². The standard InChI is InChI=1S/C27H45N5O5/c1-25(2,3)20(30-24(37)31-26(4,5)6)23(36)32-13-15-17(27(15,7)8)18(32)22(35)29-16(19(33)21(28)34)12-14-10-9-11-14/h14-18,20H,9-13H2,1-8H3,(H2,28,34)(H,29,35)(H2,30,31,37)/t15-,16-,17-,18-,20+/m0/s1/i1D3,2D3,3D3,12D2. The molecule has 0 aromatic carbocycles. The average molecular weight is 531 g/mol. The van der Waals surface area contributed by atoms with E-state index in [0.717, 1.165) is 4.90 Å². The first-order valence-electron chi connectivity index (χ1n) is 17.9. The smallest absolute Gasteiger partial charge is 0.315 e. The minimum atomic E-state index is -3.92. The number of carbonyl (C=O) groups is 5. The highest BCUT2D eigenvalue weighted by Crippen LogP contribution is 2.65. The van der Waals surface area contributed by atoms with Gasteiger partial charge >= 0.3 is 6.03 Å². The maximum absolute atomic E-state index is 14.6. The van der Waals surface area contributed by atoms with Gasteiger partial charge in [0.25, 0.3) is 5.91 Å². The predicted molar refractivity (Wildman–Crippen MR) is 139 cm³/mol. The van der Waals surface area contributed by atoms with E-state index in [1.807, 2.05) is 5.32 Å². The normalized spacial score (nSPS) is 32.1. The number of urea groups is 1. The van der Waals surface area contributed by atoms with Gasteiger partial charge < -0.3 is 26.6 Å². The number of nitrogens with two attached hydrogens (primary N) is 1. The summed E-state index contributed by atoms with van der Waals surface area (Å²) in [6.07, 6.45) is -1.06. The van der Waals surface area contributed by atoms with Gasteiger partial charge in [0.1, 0.15) is 12.1 Å². The third-order valence-electron chi connectivity index (χ3n) is 7.50. The summed E-state index contributed by atoms with van der Waals surface area (Å²) in [5, 5.41) is 6.68. The minimum Gasteiger partial charge on any atom is -0.363 e. The maximum atomic E-state index is 14.6. The fourth-order valence-electron chi connectivity index (χ4n) is 5.21. The van der Waals surface area contributed by atoms with Crippen LogP contribution < -0.4 is 21.7 Å². The Kier molecular flexibility index (Phi) is 4.56. The maximum Gasteiger partial charge on any atom is 0.315 e. The molecular weight excluding hydrogens is 474 g/mol. The lowest BCUT2D eigenvalue weighted by Gasteiger charge is -2.38.